The number of carbonyl (C=O) groups excluding carboxylic acids is 1. The summed E-state index contributed by atoms with van der Waals surface area (Å²) in [5.74, 6) is -1.38. The van der Waals surface area contributed by atoms with E-state index in [1.165, 1.54) is 6.92 Å². The van der Waals surface area contributed by atoms with Crippen LogP contribution < -0.4 is 10.1 Å². The first kappa shape index (κ1) is 16.5. The first-order valence-corrected chi connectivity index (χ1v) is 7.14. The molecule has 0 radical (unpaired) electrons. The Morgan fingerprint density at radius 3 is 2.78 bits per heavy atom. The molecule has 0 bridgehead atoms. The lowest BCUT2D eigenvalue weighted by molar-refractivity contribution is -0.140. The minimum absolute atomic E-state index is 0.0504. The van der Waals surface area contributed by atoms with Crippen LogP contribution in [0.4, 0.5) is 0 Å². The third-order valence-corrected chi connectivity index (χ3v) is 3.39. The molecule has 0 saturated heterocycles. The van der Waals surface area contributed by atoms with Crippen LogP contribution in [-0.4, -0.2) is 40.4 Å². The van der Waals surface area contributed by atoms with Crippen molar-refractivity contribution in [1.82, 2.24) is 15.1 Å². The number of benzene rings is 1. The van der Waals surface area contributed by atoms with E-state index < -0.39 is 17.8 Å². The van der Waals surface area contributed by atoms with Gasteiger partial charge >= 0.3 is 5.97 Å². The van der Waals surface area contributed by atoms with Crippen LogP contribution in [0.1, 0.15) is 23.0 Å². The van der Waals surface area contributed by atoms with Gasteiger partial charge in [0.25, 0.3) is 5.91 Å². The molecule has 0 saturated carbocycles. The summed E-state index contributed by atoms with van der Waals surface area (Å²) >= 11 is 0. The molecule has 1 aromatic carbocycles. The Bertz CT molecular complexity index is 724. The molecule has 0 fully saturated rings. The molecule has 23 heavy (non-hydrogen) atoms. The topological polar surface area (TPSA) is 93.5 Å². The van der Waals surface area contributed by atoms with Crippen molar-refractivity contribution < 1.29 is 19.4 Å². The highest BCUT2D eigenvalue weighted by atomic mass is 16.5. The molecular formula is C16H19N3O4. The summed E-state index contributed by atoms with van der Waals surface area (Å²) in [5, 5.41) is 15.6. The zero-order chi connectivity index (χ0) is 17.0. The standard InChI is InChI=1S/C16H19N3O4/c1-10-4-5-14(23-3)13(8-10)19-7-6-12(18-19)15(20)17-9-11(2)16(21)22/h4-8,11H,9H2,1-3H3,(H,17,20)(H,21,22). The van der Waals surface area contributed by atoms with E-state index in [1.807, 2.05) is 25.1 Å². The van der Waals surface area contributed by atoms with Crippen molar-refractivity contribution in [2.75, 3.05) is 13.7 Å². The van der Waals surface area contributed by atoms with Crippen LogP contribution in [0, 0.1) is 12.8 Å². The number of nitrogens with one attached hydrogen (secondary N) is 1. The number of carbonyl (C=O) groups is 2. The van der Waals surface area contributed by atoms with Gasteiger partial charge in [0.05, 0.1) is 13.0 Å². The molecule has 1 unspecified atom stereocenters. The summed E-state index contributed by atoms with van der Waals surface area (Å²) in [7, 11) is 1.57. The first-order chi connectivity index (χ1) is 10.9. The predicted molar refractivity (Wildman–Crippen MR) is 84.0 cm³/mol. The highest BCUT2D eigenvalue weighted by molar-refractivity contribution is 5.92. The molecule has 1 amide bonds. The number of ether oxygens (including phenoxy) is 1. The quantitative estimate of drug-likeness (QED) is 0.845. The fourth-order valence-corrected chi connectivity index (χ4v) is 1.98. The second-order valence-corrected chi connectivity index (χ2v) is 5.27. The van der Waals surface area contributed by atoms with Crippen molar-refractivity contribution in [3.8, 4) is 11.4 Å². The van der Waals surface area contributed by atoms with Crippen LogP contribution in [0.15, 0.2) is 30.5 Å². The third kappa shape index (κ3) is 3.88. The molecule has 2 aromatic rings. The Kier molecular flexibility index (Phi) is 5.00. The van der Waals surface area contributed by atoms with Gasteiger partial charge in [-0.1, -0.05) is 13.0 Å². The van der Waals surface area contributed by atoms with Crippen LogP contribution in [-0.2, 0) is 4.79 Å². The average Bonchev–Trinajstić information content (AvgIpc) is 3.01. The number of carboxylic acid groups (broad SMARTS) is 1. The largest absolute Gasteiger partial charge is 0.494 e. The number of nitrogens with zero attached hydrogens (tertiary/aromatic N) is 2. The number of aliphatic carboxylic acids is 1. The summed E-state index contributed by atoms with van der Waals surface area (Å²) < 4.78 is 6.86. The summed E-state index contributed by atoms with van der Waals surface area (Å²) in [5.41, 5.74) is 1.98. The van der Waals surface area contributed by atoms with Crippen molar-refractivity contribution in [3.63, 3.8) is 0 Å². The molecule has 0 aliphatic heterocycles. The van der Waals surface area contributed by atoms with Crippen LogP contribution in [0.2, 0.25) is 0 Å². The van der Waals surface area contributed by atoms with Crippen LogP contribution in [0.25, 0.3) is 5.69 Å². The van der Waals surface area contributed by atoms with E-state index in [-0.39, 0.29) is 12.2 Å². The van der Waals surface area contributed by atoms with E-state index in [0.717, 1.165) is 11.3 Å². The predicted octanol–water partition coefficient (Wildman–Crippen LogP) is 1.64. The number of methoxy groups -OCH3 is 1. The maximum absolute atomic E-state index is 12.0. The lowest BCUT2D eigenvalue weighted by atomic mass is 10.2. The van der Waals surface area contributed by atoms with Gasteiger partial charge in [0.15, 0.2) is 5.69 Å². The van der Waals surface area contributed by atoms with Gasteiger partial charge < -0.3 is 15.2 Å². The van der Waals surface area contributed by atoms with Crippen molar-refractivity contribution in [2.45, 2.75) is 13.8 Å². The molecule has 7 nitrogen and oxygen atoms in total. The van der Waals surface area contributed by atoms with E-state index in [4.69, 9.17) is 9.84 Å². The van der Waals surface area contributed by atoms with Gasteiger partial charge in [-0.2, -0.15) is 5.10 Å². The molecule has 0 aliphatic rings. The third-order valence-electron chi connectivity index (χ3n) is 3.39. The molecule has 2 N–H and O–H groups in total. The fraction of sp³-hybridized carbons (Fsp3) is 0.312. The fourth-order valence-electron chi connectivity index (χ4n) is 1.98. The Hall–Kier alpha value is -2.83. The Morgan fingerprint density at radius 2 is 2.13 bits per heavy atom. The average molecular weight is 317 g/mol. The summed E-state index contributed by atoms with van der Waals surface area (Å²) in [4.78, 5) is 22.8. The molecular weight excluding hydrogens is 298 g/mol. The monoisotopic (exact) mass is 317 g/mol. The second kappa shape index (κ2) is 6.95. The smallest absolute Gasteiger partial charge is 0.308 e. The number of amides is 1. The van der Waals surface area contributed by atoms with Crippen molar-refractivity contribution in [1.29, 1.82) is 0 Å². The second-order valence-electron chi connectivity index (χ2n) is 5.27. The Balaban J connectivity index is 2.16. The Labute approximate surface area is 133 Å². The highest BCUT2D eigenvalue weighted by Gasteiger charge is 2.16. The maximum Gasteiger partial charge on any atom is 0.308 e. The summed E-state index contributed by atoms with van der Waals surface area (Å²) in [6.07, 6.45) is 1.66. The number of hydrogen-bond acceptors (Lipinski definition) is 4. The lowest BCUT2D eigenvalue weighted by Crippen LogP contribution is -2.31. The SMILES string of the molecule is COc1ccc(C)cc1-n1ccc(C(=O)NCC(C)C(=O)O)n1. The van der Waals surface area contributed by atoms with Gasteiger partial charge in [-0.15, -0.1) is 0 Å². The zero-order valence-corrected chi connectivity index (χ0v) is 13.2. The zero-order valence-electron chi connectivity index (χ0n) is 13.2. The molecule has 0 aliphatic carbocycles. The number of carboxylic acids is 1. The van der Waals surface area contributed by atoms with Crippen LogP contribution >= 0.6 is 0 Å². The number of aromatic nitrogens is 2. The van der Waals surface area contributed by atoms with Crippen molar-refractivity contribution in [3.05, 3.63) is 41.7 Å². The van der Waals surface area contributed by atoms with E-state index in [1.54, 1.807) is 24.1 Å². The molecule has 0 spiro atoms. The Morgan fingerprint density at radius 1 is 1.39 bits per heavy atom. The summed E-state index contributed by atoms with van der Waals surface area (Å²) in [6, 6.07) is 7.23. The van der Waals surface area contributed by atoms with Crippen molar-refractivity contribution in [2.24, 2.45) is 5.92 Å². The lowest BCUT2D eigenvalue weighted by Gasteiger charge is -2.09. The number of aryl methyl sites for hydroxylation is 1. The van der Waals surface area contributed by atoms with Gasteiger partial charge in [-0.25, -0.2) is 4.68 Å². The van der Waals surface area contributed by atoms with Crippen LogP contribution in [0.5, 0.6) is 5.75 Å². The number of rotatable bonds is 6. The maximum atomic E-state index is 12.0. The first-order valence-electron chi connectivity index (χ1n) is 7.14. The van der Waals surface area contributed by atoms with Crippen LogP contribution in [0.3, 0.4) is 0 Å². The normalized spacial score (nSPS) is 11.8. The molecule has 2 rings (SSSR count). The molecule has 7 heteroatoms. The van der Waals surface area contributed by atoms with Gasteiger partial charge in [0.2, 0.25) is 0 Å². The van der Waals surface area contributed by atoms with Crippen molar-refractivity contribution >= 4 is 11.9 Å². The minimum Gasteiger partial charge on any atom is -0.494 e. The molecule has 1 atom stereocenters. The van der Waals surface area contributed by atoms with E-state index in [0.29, 0.717) is 5.75 Å². The van der Waals surface area contributed by atoms with E-state index in [9.17, 15) is 9.59 Å². The van der Waals surface area contributed by atoms with E-state index >= 15 is 0 Å². The molecule has 122 valence electrons. The van der Waals surface area contributed by atoms with E-state index in [2.05, 4.69) is 10.4 Å². The van der Waals surface area contributed by atoms with Gasteiger partial charge in [0.1, 0.15) is 11.4 Å². The molecule has 1 heterocycles. The van der Waals surface area contributed by atoms with Gasteiger partial charge in [-0.05, 0) is 30.7 Å². The minimum atomic E-state index is -0.958. The summed E-state index contributed by atoms with van der Waals surface area (Å²) in [6.45, 7) is 3.53. The van der Waals surface area contributed by atoms with Gasteiger partial charge in [0, 0.05) is 12.7 Å². The molecule has 1 aromatic heterocycles. The number of hydrogen-bond donors (Lipinski definition) is 2. The highest BCUT2D eigenvalue weighted by Crippen LogP contribution is 2.23. The van der Waals surface area contributed by atoms with Gasteiger partial charge in [-0.3, -0.25) is 9.59 Å².